The van der Waals surface area contributed by atoms with Crippen molar-refractivity contribution in [2.75, 3.05) is 5.32 Å². The van der Waals surface area contributed by atoms with E-state index in [0.717, 1.165) is 0 Å². The number of anilines is 1. The fraction of sp³-hybridized carbons (Fsp3) is 0.0455. The normalized spacial score (nSPS) is 10.8. The van der Waals surface area contributed by atoms with Crippen molar-refractivity contribution < 1.29 is 18.1 Å². The Kier molecular flexibility index (Phi) is 5.54. The quantitative estimate of drug-likeness (QED) is 0.457. The second-order valence-corrected chi connectivity index (χ2v) is 6.80. The topological polar surface area (TPSA) is 68.0 Å². The van der Waals surface area contributed by atoms with Crippen molar-refractivity contribution in [2.24, 2.45) is 0 Å². The zero-order valence-electron chi connectivity index (χ0n) is 15.4. The van der Waals surface area contributed by atoms with Crippen LogP contribution in [0.15, 0.2) is 71.4 Å². The van der Waals surface area contributed by atoms with E-state index in [1.165, 1.54) is 42.6 Å². The Labute approximate surface area is 175 Å². The van der Waals surface area contributed by atoms with Crippen LogP contribution >= 0.6 is 11.6 Å². The third kappa shape index (κ3) is 4.06. The van der Waals surface area contributed by atoms with E-state index < -0.39 is 17.5 Å². The summed E-state index contributed by atoms with van der Waals surface area (Å²) in [4.78, 5) is 16.6. The van der Waals surface area contributed by atoms with Crippen molar-refractivity contribution in [3.05, 3.63) is 89.1 Å². The first-order valence-electron chi connectivity index (χ1n) is 8.92. The smallest absolute Gasteiger partial charge is 0.241 e. The maximum atomic E-state index is 14.5. The molecular weight excluding hydrogens is 412 g/mol. The van der Waals surface area contributed by atoms with E-state index in [9.17, 15) is 13.6 Å². The van der Waals surface area contributed by atoms with Gasteiger partial charge in [0, 0.05) is 16.8 Å². The van der Waals surface area contributed by atoms with Crippen molar-refractivity contribution in [3.8, 4) is 22.5 Å². The molecule has 0 spiro atoms. The van der Waals surface area contributed by atoms with Gasteiger partial charge in [0.15, 0.2) is 0 Å². The van der Waals surface area contributed by atoms with Crippen LogP contribution in [0.3, 0.4) is 0 Å². The van der Waals surface area contributed by atoms with Crippen LogP contribution in [0, 0.1) is 11.6 Å². The van der Waals surface area contributed by atoms with Crippen LogP contribution in [0.25, 0.3) is 22.5 Å². The van der Waals surface area contributed by atoms with Crippen LogP contribution in [0.1, 0.15) is 5.56 Å². The summed E-state index contributed by atoms with van der Waals surface area (Å²) in [5.74, 6) is -1.54. The molecule has 1 amide bonds. The first-order chi connectivity index (χ1) is 14.5. The van der Waals surface area contributed by atoms with Gasteiger partial charge in [0.1, 0.15) is 23.0 Å². The Morgan fingerprint density at radius 1 is 1.00 bits per heavy atom. The fourth-order valence-corrected chi connectivity index (χ4v) is 3.16. The minimum Gasteiger partial charge on any atom is -0.337 e. The zero-order valence-corrected chi connectivity index (χ0v) is 16.2. The molecule has 0 radical (unpaired) electrons. The van der Waals surface area contributed by atoms with E-state index in [4.69, 9.17) is 16.1 Å². The molecule has 8 heteroatoms. The van der Waals surface area contributed by atoms with Gasteiger partial charge in [-0.25, -0.2) is 8.78 Å². The average Bonchev–Trinajstić information content (AvgIpc) is 3.14. The molecule has 4 aromatic rings. The second kappa shape index (κ2) is 8.42. The van der Waals surface area contributed by atoms with E-state index in [-0.39, 0.29) is 29.3 Å². The number of hydrogen-bond acceptors (Lipinski definition) is 4. The Morgan fingerprint density at radius 3 is 2.50 bits per heavy atom. The van der Waals surface area contributed by atoms with Crippen LogP contribution in [0.4, 0.5) is 14.7 Å². The maximum absolute atomic E-state index is 14.5. The summed E-state index contributed by atoms with van der Waals surface area (Å²) in [7, 11) is 0. The average molecular weight is 426 g/mol. The lowest BCUT2D eigenvalue weighted by molar-refractivity contribution is -0.115. The lowest BCUT2D eigenvalue weighted by Crippen LogP contribution is -2.15. The molecule has 2 aromatic heterocycles. The van der Waals surface area contributed by atoms with Gasteiger partial charge in [-0.1, -0.05) is 35.0 Å². The lowest BCUT2D eigenvalue weighted by atomic mass is 10.0. The molecule has 0 aliphatic rings. The van der Waals surface area contributed by atoms with Gasteiger partial charge >= 0.3 is 0 Å². The van der Waals surface area contributed by atoms with Crippen molar-refractivity contribution in [3.63, 3.8) is 0 Å². The van der Waals surface area contributed by atoms with Gasteiger partial charge in [-0.05, 0) is 48.0 Å². The molecule has 0 aliphatic carbocycles. The van der Waals surface area contributed by atoms with Crippen molar-refractivity contribution in [1.29, 1.82) is 0 Å². The SMILES string of the molecule is O=C(Cc1ccccc1Cl)Nc1onc(-c2ccc(F)cc2)c1-c1ncccc1F. The molecule has 0 saturated heterocycles. The molecule has 1 N–H and O–H groups in total. The third-order valence-corrected chi connectivity index (χ3v) is 4.74. The van der Waals surface area contributed by atoms with Crippen LogP contribution in [-0.2, 0) is 11.2 Å². The molecule has 0 saturated carbocycles. The number of halogens is 3. The number of nitrogens with zero attached hydrogens (tertiary/aromatic N) is 2. The molecule has 4 rings (SSSR count). The number of amides is 1. The maximum Gasteiger partial charge on any atom is 0.241 e. The minimum atomic E-state index is -0.620. The van der Waals surface area contributed by atoms with Gasteiger partial charge in [-0.3, -0.25) is 15.1 Å². The standard InChI is InChI=1S/C22H14ClF2N3O2/c23-16-5-2-1-4-14(16)12-18(29)27-22-19(21-17(25)6-3-11-26-21)20(28-30-22)13-7-9-15(24)10-8-13/h1-11H,12H2,(H,27,29). The van der Waals surface area contributed by atoms with E-state index >= 15 is 0 Å². The highest BCUT2D eigenvalue weighted by Crippen LogP contribution is 2.38. The first kappa shape index (κ1) is 19.7. The summed E-state index contributed by atoms with van der Waals surface area (Å²) < 4.78 is 33.1. The monoisotopic (exact) mass is 425 g/mol. The molecular formula is C22H14ClF2N3O2. The molecule has 0 fully saturated rings. The Balaban J connectivity index is 1.73. The highest BCUT2D eigenvalue weighted by molar-refractivity contribution is 6.31. The number of rotatable bonds is 5. The predicted octanol–water partition coefficient (Wildman–Crippen LogP) is 5.52. The van der Waals surface area contributed by atoms with Crippen LogP contribution in [0.5, 0.6) is 0 Å². The van der Waals surface area contributed by atoms with E-state index in [2.05, 4.69) is 15.5 Å². The minimum absolute atomic E-state index is 0.0175. The van der Waals surface area contributed by atoms with Crippen LogP contribution in [0.2, 0.25) is 5.02 Å². The zero-order chi connectivity index (χ0) is 21.1. The highest BCUT2D eigenvalue weighted by Gasteiger charge is 2.24. The molecule has 0 bridgehead atoms. The van der Waals surface area contributed by atoms with Crippen molar-refractivity contribution in [1.82, 2.24) is 10.1 Å². The molecule has 0 aliphatic heterocycles. The summed E-state index contributed by atoms with van der Waals surface area (Å²) in [5, 5.41) is 7.02. The Morgan fingerprint density at radius 2 is 1.77 bits per heavy atom. The lowest BCUT2D eigenvalue weighted by Gasteiger charge is -2.07. The summed E-state index contributed by atoms with van der Waals surface area (Å²) in [6.45, 7) is 0. The molecule has 0 unspecified atom stereocenters. The molecule has 5 nitrogen and oxygen atoms in total. The molecule has 2 heterocycles. The van der Waals surface area contributed by atoms with E-state index in [0.29, 0.717) is 16.1 Å². The molecule has 150 valence electrons. The number of benzene rings is 2. The summed E-state index contributed by atoms with van der Waals surface area (Å²) in [6.07, 6.45) is 1.39. The van der Waals surface area contributed by atoms with Gasteiger partial charge in [-0.2, -0.15) is 0 Å². The van der Waals surface area contributed by atoms with Gasteiger partial charge in [0.05, 0.1) is 12.0 Å². The predicted molar refractivity (Wildman–Crippen MR) is 109 cm³/mol. The van der Waals surface area contributed by atoms with Crippen LogP contribution in [-0.4, -0.2) is 16.0 Å². The Bertz CT molecular complexity index is 1210. The third-order valence-electron chi connectivity index (χ3n) is 4.37. The van der Waals surface area contributed by atoms with Gasteiger partial charge in [0.25, 0.3) is 0 Å². The number of carbonyl (C=O) groups is 1. The van der Waals surface area contributed by atoms with E-state index in [1.54, 1.807) is 24.3 Å². The molecule has 30 heavy (non-hydrogen) atoms. The van der Waals surface area contributed by atoms with Gasteiger partial charge < -0.3 is 4.52 Å². The number of hydrogen-bond donors (Lipinski definition) is 1. The summed E-state index contributed by atoms with van der Waals surface area (Å²) >= 11 is 6.11. The fourth-order valence-electron chi connectivity index (χ4n) is 2.96. The first-order valence-corrected chi connectivity index (χ1v) is 9.30. The van der Waals surface area contributed by atoms with Gasteiger partial charge in [-0.15, -0.1) is 0 Å². The largest absolute Gasteiger partial charge is 0.337 e. The van der Waals surface area contributed by atoms with Crippen molar-refractivity contribution >= 4 is 23.4 Å². The van der Waals surface area contributed by atoms with Crippen LogP contribution < -0.4 is 5.32 Å². The van der Waals surface area contributed by atoms with E-state index in [1.807, 2.05) is 0 Å². The second-order valence-electron chi connectivity index (χ2n) is 6.39. The molecule has 2 aromatic carbocycles. The number of pyridine rings is 1. The van der Waals surface area contributed by atoms with Gasteiger partial charge in [0.2, 0.25) is 11.8 Å². The highest BCUT2D eigenvalue weighted by atomic mass is 35.5. The number of carbonyl (C=O) groups excluding carboxylic acids is 1. The Hall–Kier alpha value is -3.58. The summed E-state index contributed by atoms with van der Waals surface area (Å²) in [5.41, 5.74) is 1.44. The number of nitrogens with one attached hydrogen (secondary N) is 1. The summed E-state index contributed by atoms with van der Waals surface area (Å²) in [6, 6.07) is 15.1. The van der Waals surface area contributed by atoms with Crippen molar-refractivity contribution in [2.45, 2.75) is 6.42 Å². The number of aromatic nitrogens is 2. The molecule has 0 atom stereocenters.